The van der Waals surface area contributed by atoms with E-state index in [1.807, 2.05) is 12.1 Å². The molecule has 0 heterocycles. The minimum atomic E-state index is -0.552. The highest BCUT2D eigenvalue weighted by atomic mass is 32.2. The summed E-state index contributed by atoms with van der Waals surface area (Å²) in [5.41, 5.74) is 0.453. The van der Waals surface area contributed by atoms with Crippen molar-refractivity contribution >= 4 is 29.2 Å². The number of ketones is 1. The highest BCUT2D eigenvalue weighted by Gasteiger charge is 2.16. The molecule has 136 valence electrons. The lowest BCUT2D eigenvalue weighted by Gasteiger charge is -2.06. The van der Waals surface area contributed by atoms with Gasteiger partial charge in [0.1, 0.15) is 5.75 Å². The van der Waals surface area contributed by atoms with Gasteiger partial charge in [-0.1, -0.05) is 12.1 Å². The van der Waals surface area contributed by atoms with Crippen LogP contribution in [0.4, 0.5) is 5.69 Å². The fourth-order valence-electron chi connectivity index (χ4n) is 2.06. The fourth-order valence-corrected chi connectivity index (χ4v) is 2.76. The first-order valence-electron chi connectivity index (χ1n) is 7.61. The molecule has 0 aliphatic heterocycles. The lowest BCUT2D eigenvalue weighted by Crippen LogP contribution is -2.15. The van der Waals surface area contributed by atoms with E-state index in [1.165, 1.54) is 30.0 Å². The predicted octanol–water partition coefficient (Wildman–Crippen LogP) is 3.43. The Morgan fingerprint density at radius 1 is 1.15 bits per heavy atom. The molecule has 0 aliphatic carbocycles. The van der Waals surface area contributed by atoms with Gasteiger partial charge in [-0.05, 0) is 31.2 Å². The number of nitro groups is 1. The Bertz CT molecular complexity index is 819. The molecule has 0 saturated heterocycles. The summed E-state index contributed by atoms with van der Waals surface area (Å²) in [6, 6.07) is 11.3. The summed E-state index contributed by atoms with van der Waals surface area (Å²) >= 11 is 1.27. The van der Waals surface area contributed by atoms with Gasteiger partial charge in [0.05, 0.1) is 17.8 Å². The third kappa shape index (κ3) is 5.32. The molecule has 0 amide bonds. The fraction of sp³-hybridized carbons (Fsp3) is 0.222. The van der Waals surface area contributed by atoms with Gasteiger partial charge in [0.25, 0.3) is 5.69 Å². The molecule has 2 aromatic rings. The van der Waals surface area contributed by atoms with Gasteiger partial charge >= 0.3 is 5.97 Å². The molecule has 0 fully saturated rings. The van der Waals surface area contributed by atoms with Crippen molar-refractivity contribution in [3.8, 4) is 5.75 Å². The normalized spacial score (nSPS) is 10.2. The smallest absolute Gasteiger partial charge is 0.316 e. The summed E-state index contributed by atoms with van der Waals surface area (Å²) in [4.78, 5) is 35.1. The van der Waals surface area contributed by atoms with E-state index in [0.717, 1.165) is 10.6 Å². The number of hydrogen-bond acceptors (Lipinski definition) is 7. The molecule has 8 heteroatoms. The molecular formula is C18H17NO6S. The van der Waals surface area contributed by atoms with Crippen molar-refractivity contribution in [2.75, 3.05) is 19.5 Å². The van der Waals surface area contributed by atoms with Crippen LogP contribution in [0, 0.1) is 17.0 Å². The third-order valence-electron chi connectivity index (χ3n) is 3.51. The molecule has 2 rings (SSSR count). The van der Waals surface area contributed by atoms with E-state index in [-0.39, 0.29) is 17.0 Å². The number of carbonyl (C=O) groups is 2. The maximum absolute atomic E-state index is 12.1. The number of rotatable bonds is 8. The maximum atomic E-state index is 12.1. The van der Waals surface area contributed by atoms with Crippen molar-refractivity contribution in [1.29, 1.82) is 0 Å². The van der Waals surface area contributed by atoms with Crippen molar-refractivity contribution in [3.63, 3.8) is 0 Å². The van der Waals surface area contributed by atoms with Crippen molar-refractivity contribution in [1.82, 2.24) is 0 Å². The number of carbonyl (C=O) groups excluding carboxylic acids is 2. The van der Waals surface area contributed by atoms with Crippen LogP contribution in [0.5, 0.6) is 5.75 Å². The molecule has 7 nitrogen and oxygen atoms in total. The van der Waals surface area contributed by atoms with Gasteiger partial charge in [-0.15, -0.1) is 11.8 Å². The molecule has 0 aromatic heterocycles. The van der Waals surface area contributed by atoms with Crippen LogP contribution < -0.4 is 4.74 Å². The number of methoxy groups -OCH3 is 1. The Hall–Kier alpha value is -2.87. The maximum Gasteiger partial charge on any atom is 0.316 e. The number of aryl methyl sites for hydroxylation is 1. The topological polar surface area (TPSA) is 95.7 Å². The van der Waals surface area contributed by atoms with E-state index in [0.29, 0.717) is 5.56 Å². The Balaban J connectivity index is 1.85. The molecule has 26 heavy (non-hydrogen) atoms. The number of nitro benzene ring substituents is 1. The number of hydrogen-bond donors (Lipinski definition) is 0. The second-order valence-electron chi connectivity index (χ2n) is 5.31. The first kappa shape index (κ1) is 19.5. The lowest BCUT2D eigenvalue weighted by molar-refractivity contribution is -0.385. The van der Waals surface area contributed by atoms with E-state index >= 15 is 0 Å². The minimum Gasteiger partial charge on any atom is -0.497 e. The molecular weight excluding hydrogens is 358 g/mol. The first-order valence-corrected chi connectivity index (χ1v) is 8.60. The number of nitrogens with zero attached hydrogens (tertiary/aromatic N) is 1. The average molecular weight is 375 g/mol. The lowest BCUT2D eigenvalue weighted by atomic mass is 10.1. The quantitative estimate of drug-likeness (QED) is 0.229. The Morgan fingerprint density at radius 2 is 1.85 bits per heavy atom. The zero-order chi connectivity index (χ0) is 19.1. The molecule has 0 atom stereocenters. The number of Topliss-reactive ketones (excluding diaryl/α,β-unsaturated/α-hetero) is 1. The molecule has 0 bridgehead atoms. The van der Waals surface area contributed by atoms with E-state index < -0.39 is 23.3 Å². The highest BCUT2D eigenvalue weighted by Crippen LogP contribution is 2.22. The van der Waals surface area contributed by atoms with Gasteiger partial charge in [-0.2, -0.15) is 0 Å². The van der Waals surface area contributed by atoms with Crippen LogP contribution in [0.15, 0.2) is 47.4 Å². The van der Waals surface area contributed by atoms with Crippen molar-refractivity contribution in [3.05, 3.63) is 63.7 Å². The predicted molar refractivity (Wildman–Crippen MR) is 96.8 cm³/mol. The second-order valence-corrected chi connectivity index (χ2v) is 6.36. The second kappa shape index (κ2) is 9.00. The number of ether oxygens (including phenoxy) is 2. The van der Waals surface area contributed by atoms with Crippen LogP contribution in [0.25, 0.3) is 0 Å². The Labute approximate surface area is 154 Å². The Kier molecular flexibility index (Phi) is 6.74. The van der Waals surface area contributed by atoms with Crippen LogP contribution in [0.3, 0.4) is 0 Å². The zero-order valence-electron chi connectivity index (χ0n) is 14.3. The van der Waals surface area contributed by atoms with Crippen molar-refractivity contribution in [2.24, 2.45) is 0 Å². The zero-order valence-corrected chi connectivity index (χ0v) is 15.1. The van der Waals surface area contributed by atoms with Crippen molar-refractivity contribution in [2.45, 2.75) is 11.8 Å². The van der Waals surface area contributed by atoms with Gasteiger partial charge in [0.15, 0.2) is 6.61 Å². The molecule has 0 saturated carbocycles. The third-order valence-corrected chi connectivity index (χ3v) is 4.49. The Morgan fingerprint density at radius 3 is 2.46 bits per heavy atom. The number of esters is 1. The summed E-state index contributed by atoms with van der Waals surface area (Å²) < 4.78 is 10.0. The number of benzene rings is 2. The summed E-state index contributed by atoms with van der Waals surface area (Å²) in [5.74, 6) is -0.264. The monoisotopic (exact) mass is 375 g/mol. The highest BCUT2D eigenvalue weighted by molar-refractivity contribution is 8.00. The van der Waals surface area contributed by atoms with Crippen LogP contribution >= 0.6 is 11.8 Å². The van der Waals surface area contributed by atoms with Crippen LogP contribution in [-0.4, -0.2) is 36.1 Å². The van der Waals surface area contributed by atoms with Crippen LogP contribution in [0.2, 0.25) is 0 Å². The summed E-state index contributed by atoms with van der Waals surface area (Å²) in [6.07, 6.45) is 0. The van der Waals surface area contributed by atoms with Crippen molar-refractivity contribution < 1.29 is 24.0 Å². The number of thioether (sulfide) groups is 1. The van der Waals surface area contributed by atoms with Gasteiger partial charge in [-0.3, -0.25) is 19.7 Å². The van der Waals surface area contributed by atoms with Gasteiger partial charge in [-0.25, -0.2) is 0 Å². The van der Waals surface area contributed by atoms with Crippen LogP contribution in [-0.2, 0) is 9.53 Å². The van der Waals surface area contributed by atoms with E-state index in [4.69, 9.17) is 9.47 Å². The molecule has 0 unspecified atom stereocenters. The standard InChI is InChI=1S/C18H17NO6S/c1-12-3-4-13(9-16(12)19(22)23)17(20)10-25-18(21)11-26-15-7-5-14(24-2)6-8-15/h3-9H,10-11H2,1-2H3. The average Bonchev–Trinajstić information content (AvgIpc) is 2.64. The summed E-state index contributed by atoms with van der Waals surface area (Å²) in [6.45, 7) is 1.13. The first-order chi connectivity index (χ1) is 12.4. The van der Waals surface area contributed by atoms with Crippen LogP contribution in [0.1, 0.15) is 15.9 Å². The minimum absolute atomic E-state index is 0.0493. The molecule has 0 aliphatic rings. The van der Waals surface area contributed by atoms with E-state index in [2.05, 4.69) is 0 Å². The van der Waals surface area contributed by atoms with Gasteiger partial charge in [0.2, 0.25) is 5.78 Å². The summed E-state index contributed by atoms with van der Waals surface area (Å²) in [7, 11) is 1.57. The van der Waals surface area contributed by atoms with E-state index in [9.17, 15) is 19.7 Å². The van der Waals surface area contributed by atoms with Gasteiger partial charge < -0.3 is 9.47 Å². The molecule has 0 radical (unpaired) electrons. The molecule has 2 aromatic carbocycles. The molecule has 0 N–H and O–H groups in total. The SMILES string of the molecule is COc1ccc(SCC(=O)OCC(=O)c2ccc(C)c([N+](=O)[O-])c2)cc1. The largest absolute Gasteiger partial charge is 0.497 e. The van der Waals surface area contributed by atoms with Gasteiger partial charge in [0, 0.05) is 22.1 Å². The van der Waals surface area contributed by atoms with E-state index in [1.54, 1.807) is 26.2 Å². The molecule has 0 spiro atoms. The summed E-state index contributed by atoms with van der Waals surface area (Å²) in [5, 5.41) is 10.9.